The minimum Gasteiger partial charge on any atom is -0.348 e. The van der Waals surface area contributed by atoms with Crippen molar-refractivity contribution in [2.24, 2.45) is 7.05 Å². The molecule has 1 aliphatic heterocycles. The van der Waals surface area contributed by atoms with Crippen LogP contribution in [-0.2, 0) is 16.9 Å². The molecule has 0 spiro atoms. The van der Waals surface area contributed by atoms with Gasteiger partial charge in [-0.25, -0.2) is 17.2 Å². The maximum absolute atomic E-state index is 12.9. The highest BCUT2D eigenvalue weighted by Gasteiger charge is 2.30. The average Bonchev–Trinajstić information content (AvgIpc) is 3.05. The summed E-state index contributed by atoms with van der Waals surface area (Å²) in [4.78, 5) is 12.9. The van der Waals surface area contributed by atoms with Gasteiger partial charge in [-0.15, -0.1) is 11.3 Å². The monoisotopic (exact) mass is 349 g/mol. The number of sulfone groups is 1. The molecule has 1 amide bonds. The van der Waals surface area contributed by atoms with Gasteiger partial charge in [-0.05, 0) is 12.5 Å². The van der Waals surface area contributed by atoms with E-state index in [2.05, 4.69) is 10.4 Å². The van der Waals surface area contributed by atoms with Crippen molar-refractivity contribution >= 4 is 37.3 Å². The van der Waals surface area contributed by atoms with Crippen LogP contribution in [0.3, 0.4) is 0 Å². The minimum atomic E-state index is -3.09. The average molecular weight is 349 g/mol. The number of carbonyl (C=O) groups is 1. The van der Waals surface area contributed by atoms with Crippen molar-refractivity contribution in [3.05, 3.63) is 16.6 Å². The third kappa shape index (κ3) is 2.72. The molecule has 0 saturated carbocycles. The van der Waals surface area contributed by atoms with Gasteiger partial charge in [-0.1, -0.05) is 0 Å². The SMILES string of the molecule is Cn1nc(C(F)F)c2cc(C(=O)NC3CCS(=O)(=O)C3)sc21. The molecular weight excluding hydrogens is 336 g/mol. The van der Waals surface area contributed by atoms with Crippen LogP contribution in [0.5, 0.6) is 0 Å². The van der Waals surface area contributed by atoms with Crippen LogP contribution >= 0.6 is 11.3 Å². The van der Waals surface area contributed by atoms with Gasteiger partial charge >= 0.3 is 0 Å². The summed E-state index contributed by atoms with van der Waals surface area (Å²) in [6.45, 7) is 0. The zero-order chi connectivity index (χ0) is 16.1. The van der Waals surface area contributed by atoms with Gasteiger partial charge < -0.3 is 5.32 Å². The Morgan fingerprint density at radius 2 is 2.27 bits per heavy atom. The third-order valence-corrected chi connectivity index (χ3v) is 6.51. The molecule has 0 aliphatic carbocycles. The number of amides is 1. The van der Waals surface area contributed by atoms with E-state index in [-0.39, 0.29) is 27.5 Å². The lowest BCUT2D eigenvalue weighted by molar-refractivity contribution is 0.0945. The van der Waals surface area contributed by atoms with Crippen molar-refractivity contribution in [2.75, 3.05) is 11.5 Å². The first-order valence-corrected chi connectivity index (χ1v) is 9.16. The zero-order valence-electron chi connectivity index (χ0n) is 11.5. The van der Waals surface area contributed by atoms with Crippen molar-refractivity contribution in [2.45, 2.75) is 18.9 Å². The molecule has 10 heteroatoms. The first-order chi connectivity index (χ1) is 10.3. The molecule has 1 N–H and O–H groups in total. The van der Waals surface area contributed by atoms with Crippen molar-refractivity contribution in [1.29, 1.82) is 0 Å². The fourth-order valence-corrected chi connectivity index (χ4v) is 5.16. The molecular formula is C12H13F2N3O3S2. The summed E-state index contributed by atoms with van der Waals surface area (Å²) in [5.41, 5.74) is -0.351. The number of aryl methyl sites for hydroxylation is 1. The number of aromatic nitrogens is 2. The molecule has 3 heterocycles. The predicted octanol–water partition coefficient (Wildman–Crippen LogP) is 1.49. The lowest BCUT2D eigenvalue weighted by atomic mass is 10.2. The molecule has 0 bridgehead atoms. The van der Waals surface area contributed by atoms with Crippen LogP contribution in [0.4, 0.5) is 8.78 Å². The van der Waals surface area contributed by atoms with Crippen LogP contribution in [0.25, 0.3) is 10.2 Å². The quantitative estimate of drug-likeness (QED) is 0.910. The largest absolute Gasteiger partial charge is 0.348 e. The Labute approximate surface area is 129 Å². The van der Waals surface area contributed by atoms with E-state index in [1.54, 1.807) is 0 Å². The molecule has 2 aromatic heterocycles. The fourth-order valence-electron chi connectivity index (χ4n) is 2.50. The Bertz CT molecular complexity index is 841. The second-order valence-corrected chi connectivity index (χ2v) is 8.47. The Kier molecular flexibility index (Phi) is 3.68. The topological polar surface area (TPSA) is 81.1 Å². The molecule has 2 aromatic rings. The molecule has 1 fully saturated rings. The van der Waals surface area contributed by atoms with Gasteiger partial charge in [0.05, 0.1) is 16.4 Å². The summed E-state index contributed by atoms with van der Waals surface area (Å²) in [5.74, 6) is -0.458. The number of hydrogen-bond donors (Lipinski definition) is 1. The van der Waals surface area contributed by atoms with E-state index in [1.807, 2.05) is 0 Å². The number of alkyl halides is 2. The number of nitrogens with one attached hydrogen (secondary N) is 1. The van der Waals surface area contributed by atoms with Gasteiger partial charge in [-0.3, -0.25) is 9.48 Å². The van der Waals surface area contributed by atoms with Crippen LogP contribution in [0.2, 0.25) is 0 Å². The maximum atomic E-state index is 12.9. The Balaban J connectivity index is 1.84. The molecule has 1 aliphatic rings. The smallest absolute Gasteiger partial charge is 0.282 e. The maximum Gasteiger partial charge on any atom is 0.282 e. The first-order valence-electron chi connectivity index (χ1n) is 6.53. The lowest BCUT2D eigenvalue weighted by Gasteiger charge is -2.09. The van der Waals surface area contributed by atoms with Crippen LogP contribution in [0.15, 0.2) is 6.07 Å². The highest BCUT2D eigenvalue weighted by Crippen LogP contribution is 2.32. The van der Waals surface area contributed by atoms with E-state index >= 15 is 0 Å². The molecule has 1 saturated heterocycles. The van der Waals surface area contributed by atoms with Crippen LogP contribution in [-0.4, -0.2) is 41.7 Å². The van der Waals surface area contributed by atoms with Crippen LogP contribution in [0, 0.1) is 0 Å². The number of rotatable bonds is 3. The lowest BCUT2D eigenvalue weighted by Crippen LogP contribution is -2.35. The zero-order valence-corrected chi connectivity index (χ0v) is 13.2. The third-order valence-electron chi connectivity index (χ3n) is 3.54. The molecule has 3 rings (SSSR count). The van der Waals surface area contributed by atoms with Crippen LogP contribution in [0.1, 0.15) is 28.2 Å². The standard InChI is InChI=1S/C12H13F2N3O3S2/c1-17-12-7(9(16-17)10(13)14)4-8(21-12)11(18)15-6-2-3-22(19,20)5-6/h4,6,10H,2-3,5H2,1H3,(H,15,18). The van der Waals surface area contributed by atoms with E-state index in [0.29, 0.717) is 11.3 Å². The first kappa shape index (κ1) is 15.3. The molecule has 1 unspecified atom stereocenters. The van der Waals surface area contributed by atoms with Crippen LogP contribution < -0.4 is 5.32 Å². The second kappa shape index (κ2) is 5.27. The Morgan fingerprint density at radius 1 is 1.55 bits per heavy atom. The van der Waals surface area contributed by atoms with Crippen molar-refractivity contribution < 1.29 is 22.0 Å². The highest BCUT2D eigenvalue weighted by molar-refractivity contribution is 7.91. The number of fused-ring (bicyclic) bond motifs is 1. The summed E-state index contributed by atoms with van der Waals surface area (Å²) in [5, 5.41) is 6.64. The van der Waals surface area contributed by atoms with E-state index in [9.17, 15) is 22.0 Å². The van der Waals surface area contributed by atoms with Gasteiger partial charge in [0.15, 0.2) is 9.84 Å². The normalized spacial score (nSPS) is 20.8. The summed E-state index contributed by atoms with van der Waals surface area (Å²) >= 11 is 1.06. The van der Waals surface area contributed by atoms with E-state index in [1.165, 1.54) is 17.8 Å². The fraction of sp³-hybridized carbons (Fsp3) is 0.500. The molecule has 6 nitrogen and oxygen atoms in total. The van der Waals surface area contributed by atoms with Gasteiger partial charge in [-0.2, -0.15) is 5.10 Å². The number of thiophene rings is 1. The summed E-state index contributed by atoms with van der Waals surface area (Å²) in [6, 6.07) is 0.961. The van der Waals surface area contributed by atoms with E-state index in [4.69, 9.17) is 0 Å². The number of hydrogen-bond acceptors (Lipinski definition) is 5. The Hall–Kier alpha value is -1.55. The molecule has 22 heavy (non-hydrogen) atoms. The second-order valence-electron chi connectivity index (χ2n) is 5.21. The van der Waals surface area contributed by atoms with E-state index < -0.39 is 28.2 Å². The molecule has 120 valence electrons. The highest BCUT2D eigenvalue weighted by atomic mass is 32.2. The van der Waals surface area contributed by atoms with Crippen molar-refractivity contribution in [3.8, 4) is 0 Å². The van der Waals surface area contributed by atoms with Gasteiger partial charge in [0.25, 0.3) is 12.3 Å². The van der Waals surface area contributed by atoms with Crippen molar-refractivity contribution in [1.82, 2.24) is 15.1 Å². The predicted molar refractivity (Wildman–Crippen MR) is 78.1 cm³/mol. The van der Waals surface area contributed by atoms with Gasteiger partial charge in [0, 0.05) is 18.5 Å². The molecule has 0 aromatic carbocycles. The van der Waals surface area contributed by atoms with E-state index in [0.717, 1.165) is 11.3 Å². The molecule has 0 radical (unpaired) electrons. The summed E-state index contributed by atoms with van der Waals surface area (Å²) in [7, 11) is -1.55. The number of halogens is 2. The number of carbonyl (C=O) groups excluding carboxylic acids is 1. The number of nitrogens with zero attached hydrogens (tertiary/aromatic N) is 2. The van der Waals surface area contributed by atoms with Gasteiger partial charge in [0.1, 0.15) is 10.5 Å². The summed E-state index contributed by atoms with van der Waals surface area (Å²) in [6.07, 6.45) is -2.34. The molecule has 1 atom stereocenters. The summed E-state index contributed by atoms with van der Waals surface area (Å²) < 4.78 is 49.9. The minimum absolute atomic E-state index is 0.0593. The van der Waals surface area contributed by atoms with Crippen molar-refractivity contribution in [3.63, 3.8) is 0 Å². The van der Waals surface area contributed by atoms with Gasteiger partial charge in [0.2, 0.25) is 0 Å². The Morgan fingerprint density at radius 3 is 2.86 bits per heavy atom.